The molecule has 0 bridgehead atoms. The number of carbonyl (C=O) groups is 1. The number of aryl methyl sites for hydroxylation is 1. The first-order valence-corrected chi connectivity index (χ1v) is 6.53. The summed E-state index contributed by atoms with van der Waals surface area (Å²) in [6.07, 6.45) is 0. The first kappa shape index (κ1) is 14.2. The lowest BCUT2D eigenvalue weighted by Gasteiger charge is -2.10. The average Bonchev–Trinajstić information content (AvgIpc) is 2.40. The van der Waals surface area contributed by atoms with Gasteiger partial charge in [-0.05, 0) is 50.8 Å². The van der Waals surface area contributed by atoms with Gasteiger partial charge in [0.1, 0.15) is 5.69 Å². The van der Waals surface area contributed by atoms with Gasteiger partial charge in [-0.15, -0.1) is 0 Å². The zero-order chi connectivity index (χ0) is 14.5. The van der Waals surface area contributed by atoms with Crippen molar-refractivity contribution in [1.82, 2.24) is 9.88 Å². The summed E-state index contributed by atoms with van der Waals surface area (Å²) in [5, 5.41) is 2.85. The van der Waals surface area contributed by atoms with Crippen molar-refractivity contribution in [3.8, 4) is 0 Å². The summed E-state index contributed by atoms with van der Waals surface area (Å²) in [5.41, 5.74) is 3.25. The largest absolute Gasteiger partial charge is 0.321 e. The van der Waals surface area contributed by atoms with Crippen LogP contribution in [0.2, 0.25) is 0 Å². The molecule has 0 saturated carbocycles. The Morgan fingerprint density at radius 2 is 1.85 bits per heavy atom. The van der Waals surface area contributed by atoms with Gasteiger partial charge >= 0.3 is 0 Å². The standard InChI is InChI=1S/C16H19N3O/c1-12-5-4-6-15(17-12)16(20)18-14-9-7-13(8-10-14)11-19(2)3/h4-10H,11H2,1-3H3,(H,18,20). The van der Waals surface area contributed by atoms with Crippen molar-refractivity contribution in [2.24, 2.45) is 0 Å². The minimum absolute atomic E-state index is 0.186. The topological polar surface area (TPSA) is 45.2 Å². The first-order chi connectivity index (χ1) is 9.54. The molecule has 0 aliphatic heterocycles. The number of anilines is 1. The summed E-state index contributed by atoms with van der Waals surface area (Å²) in [6.45, 7) is 2.75. The Balaban J connectivity index is 2.04. The second kappa shape index (κ2) is 6.30. The fraction of sp³-hybridized carbons (Fsp3) is 0.250. The van der Waals surface area contributed by atoms with Crippen molar-refractivity contribution < 1.29 is 4.79 Å². The van der Waals surface area contributed by atoms with E-state index < -0.39 is 0 Å². The van der Waals surface area contributed by atoms with Crippen LogP contribution < -0.4 is 5.32 Å². The number of pyridine rings is 1. The second-order valence-electron chi connectivity index (χ2n) is 5.05. The highest BCUT2D eigenvalue weighted by molar-refractivity contribution is 6.02. The predicted molar refractivity (Wildman–Crippen MR) is 80.8 cm³/mol. The molecule has 1 heterocycles. The van der Waals surface area contributed by atoms with Gasteiger partial charge in [0.15, 0.2) is 0 Å². The highest BCUT2D eigenvalue weighted by Crippen LogP contribution is 2.12. The van der Waals surface area contributed by atoms with Crippen molar-refractivity contribution in [2.45, 2.75) is 13.5 Å². The molecule has 0 saturated heterocycles. The molecule has 1 amide bonds. The SMILES string of the molecule is Cc1cccc(C(=O)Nc2ccc(CN(C)C)cc2)n1. The molecule has 20 heavy (non-hydrogen) atoms. The number of carbonyl (C=O) groups excluding carboxylic acids is 1. The van der Waals surface area contributed by atoms with E-state index >= 15 is 0 Å². The van der Waals surface area contributed by atoms with E-state index in [4.69, 9.17) is 0 Å². The van der Waals surface area contributed by atoms with Crippen LogP contribution in [-0.2, 0) is 6.54 Å². The monoisotopic (exact) mass is 269 g/mol. The van der Waals surface area contributed by atoms with Gasteiger partial charge in [0.05, 0.1) is 0 Å². The third-order valence-corrected chi connectivity index (χ3v) is 2.83. The van der Waals surface area contributed by atoms with Gasteiger partial charge in [-0.3, -0.25) is 4.79 Å². The fourth-order valence-electron chi connectivity index (χ4n) is 1.92. The van der Waals surface area contributed by atoms with Crippen molar-refractivity contribution in [3.63, 3.8) is 0 Å². The molecule has 0 radical (unpaired) electrons. The van der Waals surface area contributed by atoms with Crippen LogP contribution in [0.15, 0.2) is 42.5 Å². The van der Waals surface area contributed by atoms with E-state index in [0.29, 0.717) is 5.69 Å². The molecule has 4 nitrogen and oxygen atoms in total. The van der Waals surface area contributed by atoms with E-state index in [1.165, 1.54) is 5.56 Å². The number of amides is 1. The van der Waals surface area contributed by atoms with Gasteiger partial charge in [-0.2, -0.15) is 0 Å². The van der Waals surface area contributed by atoms with Gasteiger partial charge in [-0.1, -0.05) is 18.2 Å². The lowest BCUT2D eigenvalue weighted by atomic mass is 10.2. The van der Waals surface area contributed by atoms with Crippen LogP contribution in [0, 0.1) is 6.92 Å². The zero-order valence-corrected chi connectivity index (χ0v) is 12.1. The average molecular weight is 269 g/mol. The molecule has 1 aromatic heterocycles. The van der Waals surface area contributed by atoms with Crippen LogP contribution >= 0.6 is 0 Å². The Morgan fingerprint density at radius 1 is 1.15 bits per heavy atom. The van der Waals surface area contributed by atoms with E-state index in [1.807, 2.05) is 57.4 Å². The fourth-order valence-corrected chi connectivity index (χ4v) is 1.92. The number of nitrogens with one attached hydrogen (secondary N) is 1. The lowest BCUT2D eigenvalue weighted by molar-refractivity contribution is 0.102. The Labute approximate surface area is 119 Å². The van der Waals surface area contributed by atoms with Crippen molar-refractivity contribution in [2.75, 3.05) is 19.4 Å². The van der Waals surface area contributed by atoms with Gasteiger partial charge in [-0.25, -0.2) is 4.98 Å². The maximum absolute atomic E-state index is 12.0. The lowest BCUT2D eigenvalue weighted by Crippen LogP contribution is -2.14. The number of aromatic nitrogens is 1. The highest BCUT2D eigenvalue weighted by Gasteiger charge is 2.07. The minimum atomic E-state index is -0.186. The number of benzene rings is 1. The normalized spacial score (nSPS) is 10.6. The molecule has 2 rings (SSSR count). The van der Waals surface area contributed by atoms with Gasteiger partial charge < -0.3 is 10.2 Å². The first-order valence-electron chi connectivity index (χ1n) is 6.53. The Morgan fingerprint density at radius 3 is 2.45 bits per heavy atom. The smallest absolute Gasteiger partial charge is 0.274 e. The summed E-state index contributed by atoms with van der Waals surface area (Å²) < 4.78 is 0. The summed E-state index contributed by atoms with van der Waals surface area (Å²) in [6, 6.07) is 13.3. The predicted octanol–water partition coefficient (Wildman–Crippen LogP) is 2.70. The van der Waals surface area contributed by atoms with Crippen LogP contribution in [0.3, 0.4) is 0 Å². The van der Waals surface area contributed by atoms with E-state index in [0.717, 1.165) is 17.9 Å². The molecule has 0 atom stereocenters. The number of nitrogens with zero attached hydrogens (tertiary/aromatic N) is 2. The Bertz CT molecular complexity index is 591. The summed E-state index contributed by atoms with van der Waals surface area (Å²) in [4.78, 5) is 18.4. The highest BCUT2D eigenvalue weighted by atomic mass is 16.1. The molecule has 1 N–H and O–H groups in total. The molecule has 0 aliphatic rings. The quantitative estimate of drug-likeness (QED) is 0.928. The molecule has 0 unspecified atom stereocenters. The minimum Gasteiger partial charge on any atom is -0.321 e. The van der Waals surface area contributed by atoms with Crippen LogP contribution in [0.4, 0.5) is 5.69 Å². The van der Waals surface area contributed by atoms with E-state index in [-0.39, 0.29) is 5.91 Å². The van der Waals surface area contributed by atoms with Gasteiger partial charge in [0, 0.05) is 17.9 Å². The van der Waals surface area contributed by atoms with E-state index in [1.54, 1.807) is 6.07 Å². The molecule has 0 spiro atoms. The molecule has 4 heteroatoms. The maximum Gasteiger partial charge on any atom is 0.274 e. The molecule has 0 fully saturated rings. The molecule has 1 aromatic carbocycles. The van der Waals surface area contributed by atoms with Crippen molar-refractivity contribution >= 4 is 11.6 Å². The molecular weight excluding hydrogens is 250 g/mol. The number of hydrogen-bond acceptors (Lipinski definition) is 3. The van der Waals surface area contributed by atoms with Crippen LogP contribution in [0.25, 0.3) is 0 Å². The zero-order valence-electron chi connectivity index (χ0n) is 12.1. The van der Waals surface area contributed by atoms with Crippen LogP contribution in [0.1, 0.15) is 21.7 Å². The number of hydrogen-bond donors (Lipinski definition) is 1. The van der Waals surface area contributed by atoms with Crippen molar-refractivity contribution in [3.05, 3.63) is 59.4 Å². The number of rotatable bonds is 4. The summed E-state index contributed by atoms with van der Waals surface area (Å²) >= 11 is 0. The van der Waals surface area contributed by atoms with Crippen molar-refractivity contribution in [1.29, 1.82) is 0 Å². The van der Waals surface area contributed by atoms with E-state index in [2.05, 4.69) is 15.2 Å². The van der Waals surface area contributed by atoms with E-state index in [9.17, 15) is 4.79 Å². The Hall–Kier alpha value is -2.20. The summed E-state index contributed by atoms with van der Waals surface area (Å²) in [5.74, 6) is -0.186. The van der Waals surface area contributed by atoms with Gasteiger partial charge in [0.2, 0.25) is 0 Å². The molecule has 104 valence electrons. The van der Waals surface area contributed by atoms with Crippen LogP contribution in [0.5, 0.6) is 0 Å². The van der Waals surface area contributed by atoms with Crippen LogP contribution in [-0.4, -0.2) is 29.9 Å². The maximum atomic E-state index is 12.0. The molecule has 2 aromatic rings. The summed E-state index contributed by atoms with van der Waals surface area (Å²) in [7, 11) is 4.05. The Kier molecular flexibility index (Phi) is 4.48. The second-order valence-corrected chi connectivity index (χ2v) is 5.05. The molecular formula is C16H19N3O. The third kappa shape index (κ3) is 3.90. The molecule has 0 aliphatic carbocycles. The third-order valence-electron chi connectivity index (χ3n) is 2.83. The van der Waals surface area contributed by atoms with Gasteiger partial charge in [0.25, 0.3) is 5.91 Å².